The van der Waals surface area contributed by atoms with Gasteiger partial charge in [0.1, 0.15) is 0 Å². The van der Waals surface area contributed by atoms with Crippen LogP contribution in [0.4, 0.5) is 0 Å². The zero-order chi connectivity index (χ0) is 17.7. The number of hydrogen-bond donors (Lipinski definition) is 0. The molecule has 2 radical (unpaired) electrons. The Bertz CT molecular complexity index is 240. The van der Waals surface area contributed by atoms with Gasteiger partial charge in [0.15, 0.2) is 0 Å². The average molecular weight is 335 g/mol. The summed E-state index contributed by atoms with van der Waals surface area (Å²) in [6, 6.07) is 0. The minimum atomic E-state index is 0.993. The standard InChI is InChI=1S/C24H46/c1-4-7-9-11-13-14-15-17-19-21-23-24(6-3)22-20-18-16-12-10-8-5-2/h5,8,24H,1-2,4,6-7,9-23H2,3H3. The van der Waals surface area contributed by atoms with Crippen molar-refractivity contribution in [2.45, 2.75) is 122 Å². The molecule has 0 aliphatic heterocycles. The second kappa shape index (κ2) is 20.8. The van der Waals surface area contributed by atoms with Gasteiger partial charge in [0.2, 0.25) is 0 Å². The van der Waals surface area contributed by atoms with E-state index in [0.717, 1.165) is 12.3 Å². The van der Waals surface area contributed by atoms with Crippen molar-refractivity contribution < 1.29 is 0 Å². The van der Waals surface area contributed by atoms with Gasteiger partial charge in [-0.3, -0.25) is 0 Å². The molecule has 0 aromatic heterocycles. The average Bonchev–Trinajstić information content (AvgIpc) is 2.60. The lowest BCUT2D eigenvalue weighted by Crippen LogP contribution is -1.99. The highest BCUT2D eigenvalue weighted by Gasteiger charge is 2.05. The van der Waals surface area contributed by atoms with Crippen molar-refractivity contribution in [3.8, 4) is 0 Å². The van der Waals surface area contributed by atoms with Gasteiger partial charge >= 0.3 is 0 Å². The molecule has 0 saturated heterocycles. The molecule has 0 rings (SSSR count). The molecule has 0 N–H and O–H groups in total. The molecule has 0 spiro atoms. The third-order valence-electron chi connectivity index (χ3n) is 5.34. The number of allylic oxidation sites excluding steroid dienone is 2. The Morgan fingerprint density at radius 1 is 0.667 bits per heavy atom. The summed E-state index contributed by atoms with van der Waals surface area (Å²) in [5.74, 6) is 0.993. The first-order chi connectivity index (χ1) is 11.8. The van der Waals surface area contributed by atoms with Crippen LogP contribution in [0.25, 0.3) is 0 Å². The van der Waals surface area contributed by atoms with Crippen molar-refractivity contribution in [1.29, 1.82) is 0 Å². The lowest BCUT2D eigenvalue weighted by atomic mass is 9.92. The maximum absolute atomic E-state index is 3.91. The zero-order valence-electron chi connectivity index (χ0n) is 16.9. The summed E-state index contributed by atoms with van der Waals surface area (Å²) in [6.07, 6.45) is 29.3. The number of hydrogen-bond acceptors (Lipinski definition) is 0. The van der Waals surface area contributed by atoms with E-state index in [1.807, 2.05) is 6.08 Å². The quantitative estimate of drug-likeness (QED) is 0.207. The monoisotopic (exact) mass is 334 g/mol. The normalized spacial score (nSPS) is 13.0. The van der Waals surface area contributed by atoms with Crippen LogP contribution in [-0.4, -0.2) is 0 Å². The van der Waals surface area contributed by atoms with E-state index in [0.29, 0.717) is 0 Å². The molecule has 0 saturated carbocycles. The Hall–Kier alpha value is -0.260. The number of unbranched alkanes of at least 4 members (excludes halogenated alkanes) is 13. The lowest BCUT2D eigenvalue weighted by molar-refractivity contribution is 0.393. The second-order valence-electron chi connectivity index (χ2n) is 7.56. The fraction of sp³-hybridized carbons (Fsp3) is 0.833. The van der Waals surface area contributed by atoms with Crippen LogP contribution in [0.15, 0.2) is 12.2 Å². The van der Waals surface area contributed by atoms with Gasteiger partial charge in [0.25, 0.3) is 0 Å². The topological polar surface area (TPSA) is 0 Å². The fourth-order valence-electron chi connectivity index (χ4n) is 3.57. The predicted octanol–water partition coefficient (Wildman–Crippen LogP) is 8.87. The summed E-state index contributed by atoms with van der Waals surface area (Å²) < 4.78 is 0. The van der Waals surface area contributed by atoms with Crippen molar-refractivity contribution in [1.82, 2.24) is 0 Å². The minimum absolute atomic E-state index is 0.993. The highest BCUT2D eigenvalue weighted by atomic mass is 14.1. The number of rotatable bonds is 19. The molecule has 0 aliphatic rings. The Kier molecular flexibility index (Phi) is 20.6. The zero-order valence-corrected chi connectivity index (χ0v) is 16.9. The van der Waals surface area contributed by atoms with Crippen LogP contribution in [0, 0.1) is 19.8 Å². The van der Waals surface area contributed by atoms with Crippen LogP contribution in [0.2, 0.25) is 0 Å². The van der Waals surface area contributed by atoms with Gasteiger partial charge < -0.3 is 0 Å². The van der Waals surface area contributed by atoms with Crippen LogP contribution in [0.3, 0.4) is 0 Å². The van der Waals surface area contributed by atoms with Crippen molar-refractivity contribution in [2.75, 3.05) is 0 Å². The fourth-order valence-corrected chi connectivity index (χ4v) is 3.57. The Labute approximate surface area is 154 Å². The first-order valence-corrected chi connectivity index (χ1v) is 11.1. The summed E-state index contributed by atoms with van der Waals surface area (Å²) >= 11 is 0. The van der Waals surface area contributed by atoms with E-state index in [-0.39, 0.29) is 0 Å². The van der Waals surface area contributed by atoms with Gasteiger partial charge in [-0.05, 0) is 25.7 Å². The SMILES string of the molecule is [CH2]C=CCCCCCCC(CC)CCCCCCCCCCC[CH2]. The van der Waals surface area contributed by atoms with Crippen LogP contribution >= 0.6 is 0 Å². The van der Waals surface area contributed by atoms with E-state index in [1.54, 1.807) is 0 Å². The second-order valence-corrected chi connectivity index (χ2v) is 7.56. The van der Waals surface area contributed by atoms with E-state index in [4.69, 9.17) is 0 Å². The largest absolute Gasteiger partial charge is 0.0885 e. The first-order valence-electron chi connectivity index (χ1n) is 11.1. The molecular formula is C24H46. The van der Waals surface area contributed by atoms with Gasteiger partial charge in [-0.1, -0.05) is 129 Å². The van der Waals surface area contributed by atoms with Crippen molar-refractivity contribution in [3.05, 3.63) is 26.0 Å². The van der Waals surface area contributed by atoms with Crippen LogP contribution in [-0.2, 0) is 0 Å². The molecule has 1 unspecified atom stereocenters. The summed E-state index contributed by atoms with van der Waals surface area (Å²) in [7, 11) is 0. The van der Waals surface area contributed by atoms with Gasteiger partial charge in [-0.15, -0.1) is 0 Å². The van der Waals surface area contributed by atoms with E-state index in [9.17, 15) is 0 Å². The van der Waals surface area contributed by atoms with Crippen molar-refractivity contribution in [2.24, 2.45) is 5.92 Å². The Morgan fingerprint density at radius 3 is 1.58 bits per heavy atom. The molecule has 0 heterocycles. The molecule has 142 valence electrons. The Balaban J connectivity index is 3.30. The Morgan fingerprint density at radius 2 is 1.12 bits per heavy atom. The maximum atomic E-state index is 3.91. The van der Waals surface area contributed by atoms with Gasteiger partial charge in [0, 0.05) is 0 Å². The molecule has 0 aliphatic carbocycles. The lowest BCUT2D eigenvalue weighted by Gasteiger charge is -2.14. The van der Waals surface area contributed by atoms with Crippen LogP contribution < -0.4 is 0 Å². The molecule has 0 aromatic rings. The van der Waals surface area contributed by atoms with Crippen molar-refractivity contribution in [3.63, 3.8) is 0 Å². The van der Waals surface area contributed by atoms with E-state index in [2.05, 4.69) is 26.8 Å². The van der Waals surface area contributed by atoms with Crippen LogP contribution in [0.1, 0.15) is 122 Å². The van der Waals surface area contributed by atoms with Gasteiger partial charge in [-0.2, -0.15) is 0 Å². The predicted molar refractivity (Wildman–Crippen MR) is 112 cm³/mol. The summed E-state index contributed by atoms with van der Waals surface area (Å²) in [4.78, 5) is 0. The molecule has 0 fully saturated rings. The molecule has 0 bridgehead atoms. The van der Waals surface area contributed by atoms with E-state index >= 15 is 0 Å². The molecule has 0 heteroatoms. The minimum Gasteiger partial charge on any atom is -0.0885 e. The molecule has 0 aromatic carbocycles. The van der Waals surface area contributed by atoms with E-state index < -0.39 is 0 Å². The van der Waals surface area contributed by atoms with Crippen LogP contribution in [0.5, 0.6) is 0 Å². The molecule has 0 nitrogen and oxygen atoms in total. The molecular weight excluding hydrogens is 288 g/mol. The van der Waals surface area contributed by atoms with Crippen molar-refractivity contribution >= 4 is 0 Å². The summed E-state index contributed by atoms with van der Waals surface area (Å²) in [6.45, 7) is 10.0. The summed E-state index contributed by atoms with van der Waals surface area (Å²) in [5, 5.41) is 0. The summed E-state index contributed by atoms with van der Waals surface area (Å²) in [5.41, 5.74) is 0. The molecule has 1 atom stereocenters. The third kappa shape index (κ3) is 18.1. The maximum Gasteiger partial charge on any atom is -0.0316 e. The van der Waals surface area contributed by atoms with Gasteiger partial charge in [0.05, 0.1) is 0 Å². The third-order valence-corrected chi connectivity index (χ3v) is 5.34. The molecule has 24 heavy (non-hydrogen) atoms. The smallest absolute Gasteiger partial charge is 0.0316 e. The highest BCUT2D eigenvalue weighted by Crippen LogP contribution is 2.21. The van der Waals surface area contributed by atoms with E-state index in [1.165, 1.54) is 109 Å². The first kappa shape index (κ1) is 23.7. The van der Waals surface area contributed by atoms with Gasteiger partial charge in [-0.25, -0.2) is 0 Å². The molecule has 0 amide bonds. The highest BCUT2D eigenvalue weighted by molar-refractivity contribution is 4.83.